The summed E-state index contributed by atoms with van der Waals surface area (Å²) in [7, 11) is -3.65. The zero-order valence-corrected chi connectivity index (χ0v) is 14.8. The number of sulfonamides is 1. The number of nitrogens with one attached hydrogen (secondary N) is 2. The molecule has 0 heterocycles. The summed E-state index contributed by atoms with van der Waals surface area (Å²) in [5, 5.41) is 2.63. The van der Waals surface area contributed by atoms with Crippen LogP contribution in [0.15, 0.2) is 29.2 Å². The third-order valence-corrected chi connectivity index (χ3v) is 4.48. The van der Waals surface area contributed by atoms with Crippen LogP contribution in [0.5, 0.6) is 0 Å². The van der Waals surface area contributed by atoms with Crippen LogP contribution in [0.3, 0.4) is 0 Å². The molecule has 1 amide bonds. The Morgan fingerprint density at radius 2 is 2.08 bits per heavy atom. The number of benzene rings is 1. The number of hydrogen-bond acceptors (Lipinski definition) is 6. The molecule has 1 rings (SSSR count). The molecule has 1 atom stereocenters. The lowest BCUT2D eigenvalue weighted by atomic mass is 10.3. The highest BCUT2D eigenvalue weighted by molar-refractivity contribution is 7.89. The highest BCUT2D eigenvalue weighted by Gasteiger charge is 2.16. The fourth-order valence-corrected chi connectivity index (χ4v) is 2.86. The highest BCUT2D eigenvalue weighted by Crippen LogP contribution is 2.15. The van der Waals surface area contributed by atoms with Crippen molar-refractivity contribution >= 4 is 21.6 Å². The van der Waals surface area contributed by atoms with Gasteiger partial charge in [-0.3, -0.25) is 4.79 Å². The molecule has 1 aromatic rings. The van der Waals surface area contributed by atoms with Crippen molar-refractivity contribution in [1.82, 2.24) is 4.72 Å². The Labute approximate surface area is 142 Å². The molecule has 0 saturated heterocycles. The fourth-order valence-electron chi connectivity index (χ4n) is 1.77. The van der Waals surface area contributed by atoms with E-state index in [1.54, 1.807) is 19.1 Å². The SMILES string of the molecule is CCOCCOC(C)C(=O)Nc1cccc(S(=O)(=O)NCCN)c1. The average Bonchev–Trinajstić information content (AvgIpc) is 2.57. The third-order valence-electron chi connectivity index (χ3n) is 3.02. The summed E-state index contributed by atoms with van der Waals surface area (Å²) < 4.78 is 36.9. The van der Waals surface area contributed by atoms with Gasteiger partial charge in [0.1, 0.15) is 6.10 Å². The van der Waals surface area contributed by atoms with Crippen molar-refractivity contribution in [3.05, 3.63) is 24.3 Å². The number of carbonyl (C=O) groups excluding carboxylic acids is 1. The number of amides is 1. The van der Waals surface area contributed by atoms with Crippen molar-refractivity contribution in [2.75, 3.05) is 38.2 Å². The van der Waals surface area contributed by atoms with Crippen LogP contribution in [-0.4, -0.2) is 53.3 Å². The van der Waals surface area contributed by atoms with E-state index >= 15 is 0 Å². The molecular formula is C15H25N3O5S. The molecule has 0 aromatic heterocycles. The number of hydrogen-bond donors (Lipinski definition) is 3. The molecule has 0 spiro atoms. The maximum absolute atomic E-state index is 12.1. The Hall–Kier alpha value is -1.52. The molecule has 0 saturated carbocycles. The molecule has 9 heteroatoms. The Kier molecular flexibility index (Phi) is 8.87. The molecule has 136 valence electrons. The number of ether oxygens (including phenoxy) is 2. The zero-order chi connectivity index (χ0) is 18.0. The summed E-state index contributed by atoms with van der Waals surface area (Å²) in [6.07, 6.45) is -0.680. The first-order chi connectivity index (χ1) is 11.4. The van der Waals surface area contributed by atoms with Gasteiger partial charge in [0, 0.05) is 25.4 Å². The molecule has 1 unspecified atom stereocenters. The average molecular weight is 359 g/mol. The van der Waals surface area contributed by atoms with Gasteiger partial charge >= 0.3 is 0 Å². The van der Waals surface area contributed by atoms with Crippen molar-refractivity contribution in [2.24, 2.45) is 5.73 Å². The van der Waals surface area contributed by atoms with Crippen LogP contribution in [0.25, 0.3) is 0 Å². The lowest BCUT2D eigenvalue weighted by molar-refractivity contribution is -0.127. The summed E-state index contributed by atoms with van der Waals surface area (Å²) in [5.74, 6) is -0.365. The number of rotatable bonds is 11. The zero-order valence-electron chi connectivity index (χ0n) is 13.9. The Morgan fingerprint density at radius 3 is 2.75 bits per heavy atom. The van der Waals surface area contributed by atoms with E-state index in [0.717, 1.165) is 0 Å². The minimum absolute atomic E-state index is 0.0543. The van der Waals surface area contributed by atoms with Gasteiger partial charge in [0.2, 0.25) is 10.0 Å². The molecule has 0 bridgehead atoms. The second kappa shape index (κ2) is 10.4. The molecule has 24 heavy (non-hydrogen) atoms. The summed E-state index contributed by atoms with van der Waals surface area (Å²) in [5.41, 5.74) is 5.67. The number of nitrogens with two attached hydrogens (primary N) is 1. The van der Waals surface area contributed by atoms with Crippen molar-refractivity contribution < 1.29 is 22.7 Å². The number of carbonyl (C=O) groups is 1. The van der Waals surface area contributed by atoms with Crippen LogP contribution >= 0.6 is 0 Å². The van der Waals surface area contributed by atoms with Gasteiger partial charge in [-0.15, -0.1) is 0 Å². The predicted molar refractivity (Wildman–Crippen MR) is 91.2 cm³/mol. The molecule has 8 nitrogen and oxygen atoms in total. The van der Waals surface area contributed by atoms with Gasteiger partial charge < -0.3 is 20.5 Å². The molecule has 0 fully saturated rings. The van der Waals surface area contributed by atoms with Gasteiger partial charge in [-0.25, -0.2) is 13.1 Å². The molecule has 0 aliphatic heterocycles. The van der Waals surface area contributed by atoms with Crippen LogP contribution < -0.4 is 15.8 Å². The van der Waals surface area contributed by atoms with Gasteiger partial charge in [0.05, 0.1) is 18.1 Å². The molecule has 4 N–H and O–H groups in total. The van der Waals surface area contributed by atoms with Crippen LogP contribution in [-0.2, 0) is 24.3 Å². The lowest BCUT2D eigenvalue weighted by Gasteiger charge is -2.14. The van der Waals surface area contributed by atoms with E-state index < -0.39 is 16.1 Å². The van der Waals surface area contributed by atoms with E-state index in [2.05, 4.69) is 10.0 Å². The van der Waals surface area contributed by atoms with Gasteiger partial charge in [-0.2, -0.15) is 0 Å². The smallest absolute Gasteiger partial charge is 0.253 e. The first-order valence-corrected chi connectivity index (χ1v) is 9.19. The number of anilines is 1. The second-order valence-corrected chi connectivity index (χ2v) is 6.68. The molecule has 0 radical (unpaired) electrons. The van der Waals surface area contributed by atoms with Gasteiger partial charge in [0.25, 0.3) is 5.91 Å². The van der Waals surface area contributed by atoms with Gasteiger partial charge in [-0.05, 0) is 32.0 Å². The summed E-state index contributed by atoms with van der Waals surface area (Å²) in [6, 6.07) is 5.97. The van der Waals surface area contributed by atoms with Crippen molar-refractivity contribution in [1.29, 1.82) is 0 Å². The molecular weight excluding hydrogens is 334 g/mol. The maximum atomic E-state index is 12.1. The fraction of sp³-hybridized carbons (Fsp3) is 0.533. The van der Waals surface area contributed by atoms with Gasteiger partial charge in [0.15, 0.2) is 0 Å². The highest BCUT2D eigenvalue weighted by atomic mass is 32.2. The summed E-state index contributed by atoms with van der Waals surface area (Å²) in [4.78, 5) is 12.1. The first-order valence-electron chi connectivity index (χ1n) is 7.70. The van der Waals surface area contributed by atoms with E-state index in [1.165, 1.54) is 12.1 Å². The van der Waals surface area contributed by atoms with E-state index in [1.807, 2.05) is 6.92 Å². The first kappa shape index (κ1) is 20.5. The maximum Gasteiger partial charge on any atom is 0.253 e. The second-order valence-electron chi connectivity index (χ2n) is 4.91. The summed E-state index contributed by atoms with van der Waals surface area (Å²) in [6.45, 7) is 5.14. The van der Waals surface area contributed by atoms with E-state index in [-0.39, 0.29) is 23.9 Å². The largest absolute Gasteiger partial charge is 0.379 e. The van der Waals surface area contributed by atoms with Crippen molar-refractivity contribution in [3.63, 3.8) is 0 Å². The third kappa shape index (κ3) is 6.93. The Balaban J connectivity index is 2.65. The Morgan fingerprint density at radius 1 is 1.33 bits per heavy atom. The van der Waals surface area contributed by atoms with Crippen LogP contribution in [0, 0.1) is 0 Å². The lowest BCUT2D eigenvalue weighted by Crippen LogP contribution is -2.30. The normalized spacial score (nSPS) is 12.8. The molecule has 0 aliphatic rings. The molecule has 1 aromatic carbocycles. The summed E-state index contributed by atoms with van der Waals surface area (Å²) >= 11 is 0. The van der Waals surface area contributed by atoms with Crippen LogP contribution in [0.1, 0.15) is 13.8 Å². The van der Waals surface area contributed by atoms with Crippen LogP contribution in [0.4, 0.5) is 5.69 Å². The topological polar surface area (TPSA) is 120 Å². The Bertz CT molecular complexity index is 621. The van der Waals surface area contributed by atoms with Crippen LogP contribution in [0.2, 0.25) is 0 Å². The standard InChI is InChI=1S/C15H25N3O5S/c1-3-22-9-10-23-12(2)15(19)18-13-5-4-6-14(11-13)24(20,21)17-8-7-16/h4-6,11-12,17H,3,7-10,16H2,1-2H3,(H,18,19). The van der Waals surface area contributed by atoms with E-state index in [0.29, 0.717) is 25.5 Å². The quantitative estimate of drug-likeness (QED) is 0.489. The van der Waals surface area contributed by atoms with Gasteiger partial charge in [-0.1, -0.05) is 6.07 Å². The van der Waals surface area contributed by atoms with E-state index in [9.17, 15) is 13.2 Å². The molecule has 0 aliphatic carbocycles. The monoisotopic (exact) mass is 359 g/mol. The van der Waals surface area contributed by atoms with Crippen molar-refractivity contribution in [3.8, 4) is 0 Å². The van der Waals surface area contributed by atoms with Crippen molar-refractivity contribution in [2.45, 2.75) is 24.8 Å². The minimum Gasteiger partial charge on any atom is -0.379 e. The predicted octanol–water partition coefficient (Wildman–Crippen LogP) is 0.304. The minimum atomic E-state index is -3.65. The van der Waals surface area contributed by atoms with E-state index in [4.69, 9.17) is 15.2 Å².